The maximum Gasteiger partial charge on any atom is 0.312 e. The van der Waals surface area contributed by atoms with Crippen LogP contribution in [0, 0.1) is 5.41 Å². The first-order chi connectivity index (χ1) is 7.45. The van der Waals surface area contributed by atoms with Gasteiger partial charge in [0.2, 0.25) is 0 Å². The highest BCUT2D eigenvalue weighted by Gasteiger charge is 2.33. The summed E-state index contributed by atoms with van der Waals surface area (Å²) in [6.45, 7) is 6.54. The average Bonchev–Trinajstić information content (AvgIpc) is 2.85. The first-order valence-corrected chi connectivity index (χ1v) is 6.15. The largest absolute Gasteiger partial charge is 0.446 e. The molecular formula is C12H22N2O2. The van der Waals surface area contributed by atoms with Crippen molar-refractivity contribution in [3.63, 3.8) is 0 Å². The molecule has 92 valence electrons. The van der Waals surface area contributed by atoms with Crippen LogP contribution in [0.3, 0.4) is 0 Å². The predicted molar refractivity (Wildman–Crippen MR) is 61.9 cm³/mol. The number of esters is 1. The lowest BCUT2D eigenvalue weighted by Gasteiger charge is -2.20. The SMILES string of the molecule is CC(C)(C)C(=O)OC1C[C@@H](NC2CC2)CN1. The molecule has 2 N–H and O–H groups in total. The van der Waals surface area contributed by atoms with Gasteiger partial charge in [0.15, 0.2) is 6.23 Å². The normalized spacial score (nSPS) is 30.4. The molecule has 0 aromatic rings. The molecule has 1 saturated heterocycles. The van der Waals surface area contributed by atoms with Gasteiger partial charge in [-0.1, -0.05) is 0 Å². The first-order valence-electron chi connectivity index (χ1n) is 6.15. The third-order valence-electron chi connectivity index (χ3n) is 3.00. The Bertz CT molecular complexity index is 269. The van der Waals surface area contributed by atoms with Crippen LogP contribution >= 0.6 is 0 Å². The monoisotopic (exact) mass is 226 g/mol. The Balaban J connectivity index is 1.73. The highest BCUT2D eigenvalue weighted by Crippen LogP contribution is 2.23. The van der Waals surface area contributed by atoms with Crippen molar-refractivity contribution in [1.82, 2.24) is 10.6 Å². The molecule has 1 aliphatic heterocycles. The van der Waals surface area contributed by atoms with Gasteiger partial charge in [0, 0.05) is 25.0 Å². The van der Waals surface area contributed by atoms with E-state index in [1.807, 2.05) is 20.8 Å². The van der Waals surface area contributed by atoms with Crippen molar-refractivity contribution in [3.05, 3.63) is 0 Å². The zero-order valence-electron chi connectivity index (χ0n) is 10.4. The lowest BCUT2D eigenvalue weighted by Crippen LogP contribution is -2.33. The zero-order chi connectivity index (χ0) is 11.8. The summed E-state index contributed by atoms with van der Waals surface area (Å²) in [7, 11) is 0. The Kier molecular flexibility index (Phi) is 3.22. The molecule has 0 bridgehead atoms. The Morgan fingerprint density at radius 2 is 2.00 bits per heavy atom. The van der Waals surface area contributed by atoms with Gasteiger partial charge in [-0.2, -0.15) is 0 Å². The van der Waals surface area contributed by atoms with Gasteiger partial charge in [-0.25, -0.2) is 0 Å². The summed E-state index contributed by atoms with van der Waals surface area (Å²) in [6.07, 6.45) is 3.37. The molecule has 0 aromatic heterocycles. The molecule has 2 fully saturated rings. The number of carbonyl (C=O) groups excluding carboxylic acids is 1. The molecule has 16 heavy (non-hydrogen) atoms. The Hall–Kier alpha value is -0.610. The third kappa shape index (κ3) is 3.19. The van der Waals surface area contributed by atoms with Gasteiger partial charge >= 0.3 is 5.97 Å². The number of ether oxygens (including phenoxy) is 1. The predicted octanol–water partition coefficient (Wildman–Crippen LogP) is 1.02. The average molecular weight is 226 g/mol. The molecular weight excluding hydrogens is 204 g/mol. The van der Waals surface area contributed by atoms with Gasteiger partial charge in [-0.3, -0.25) is 10.1 Å². The van der Waals surface area contributed by atoms with Crippen LogP contribution in [-0.4, -0.2) is 30.8 Å². The summed E-state index contributed by atoms with van der Waals surface area (Å²) in [4.78, 5) is 11.7. The number of nitrogens with one attached hydrogen (secondary N) is 2. The summed E-state index contributed by atoms with van der Waals surface area (Å²) >= 11 is 0. The fourth-order valence-corrected chi connectivity index (χ4v) is 1.80. The number of rotatable bonds is 3. The summed E-state index contributed by atoms with van der Waals surface area (Å²) < 4.78 is 5.42. The van der Waals surface area contributed by atoms with E-state index in [2.05, 4.69) is 10.6 Å². The van der Waals surface area contributed by atoms with E-state index < -0.39 is 5.41 Å². The molecule has 0 radical (unpaired) electrons. The summed E-state index contributed by atoms with van der Waals surface area (Å²) in [5, 5.41) is 6.78. The van der Waals surface area contributed by atoms with Crippen LogP contribution in [0.4, 0.5) is 0 Å². The van der Waals surface area contributed by atoms with Crippen molar-refractivity contribution in [1.29, 1.82) is 0 Å². The Morgan fingerprint density at radius 1 is 1.31 bits per heavy atom. The topological polar surface area (TPSA) is 50.4 Å². The maximum atomic E-state index is 11.7. The highest BCUT2D eigenvalue weighted by atomic mass is 16.6. The van der Waals surface area contributed by atoms with Crippen LogP contribution in [0.15, 0.2) is 0 Å². The minimum absolute atomic E-state index is 0.108. The Labute approximate surface area is 97.1 Å². The molecule has 2 atom stereocenters. The molecule has 1 aliphatic carbocycles. The van der Waals surface area contributed by atoms with Crippen molar-refractivity contribution in [2.75, 3.05) is 6.54 Å². The minimum Gasteiger partial charge on any atom is -0.446 e. The molecule has 0 amide bonds. The second kappa shape index (κ2) is 4.34. The molecule has 4 nitrogen and oxygen atoms in total. The lowest BCUT2D eigenvalue weighted by atomic mass is 9.97. The van der Waals surface area contributed by atoms with E-state index in [-0.39, 0.29) is 12.2 Å². The standard InChI is InChI=1S/C12H22N2O2/c1-12(2,3)11(15)16-10-6-9(7-13-10)14-8-4-5-8/h8-10,13-14H,4-7H2,1-3H3/t9-,10?/m1/s1. The second-order valence-electron chi connectivity index (χ2n) is 5.93. The van der Waals surface area contributed by atoms with Crippen LogP contribution < -0.4 is 10.6 Å². The van der Waals surface area contributed by atoms with E-state index in [1.165, 1.54) is 12.8 Å². The van der Waals surface area contributed by atoms with Gasteiger partial charge in [0.1, 0.15) is 0 Å². The van der Waals surface area contributed by atoms with Crippen LogP contribution in [0.5, 0.6) is 0 Å². The fourth-order valence-electron chi connectivity index (χ4n) is 1.80. The van der Waals surface area contributed by atoms with E-state index in [1.54, 1.807) is 0 Å². The van der Waals surface area contributed by atoms with Crippen LogP contribution in [-0.2, 0) is 9.53 Å². The lowest BCUT2D eigenvalue weighted by molar-refractivity contribution is -0.159. The molecule has 4 heteroatoms. The summed E-state index contributed by atoms with van der Waals surface area (Å²) in [5.74, 6) is -0.128. The van der Waals surface area contributed by atoms with Gasteiger partial charge in [0.25, 0.3) is 0 Å². The minimum atomic E-state index is -0.413. The van der Waals surface area contributed by atoms with Gasteiger partial charge in [-0.05, 0) is 33.6 Å². The number of hydrogen-bond acceptors (Lipinski definition) is 4. The summed E-state index contributed by atoms with van der Waals surface area (Å²) in [5.41, 5.74) is -0.413. The fraction of sp³-hybridized carbons (Fsp3) is 0.917. The molecule has 2 aliphatic rings. The molecule has 0 aromatic carbocycles. The Morgan fingerprint density at radius 3 is 2.56 bits per heavy atom. The van der Waals surface area contributed by atoms with Crippen LogP contribution in [0.1, 0.15) is 40.0 Å². The van der Waals surface area contributed by atoms with E-state index in [4.69, 9.17) is 4.74 Å². The first kappa shape index (κ1) is 11.9. The quantitative estimate of drug-likeness (QED) is 0.705. The van der Waals surface area contributed by atoms with E-state index in [0.717, 1.165) is 13.0 Å². The van der Waals surface area contributed by atoms with E-state index in [9.17, 15) is 4.79 Å². The van der Waals surface area contributed by atoms with E-state index >= 15 is 0 Å². The zero-order valence-corrected chi connectivity index (χ0v) is 10.4. The number of carbonyl (C=O) groups is 1. The van der Waals surface area contributed by atoms with Gasteiger partial charge in [-0.15, -0.1) is 0 Å². The molecule has 2 rings (SSSR count). The van der Waals surface area contributed by atoms with Crippen molar-refractivity contribution < 1.29 is 9.53 Å². The number of hydrogen-bond donors (Lipinski definition) is 2. The van der Waals surface area contributed by atoms with E-state index in [0.29, 0.717) is 12.1 Å². The molecule has 0 spiro atoms. The third-order valence-corrected chi connectivity index (χ3v) is 3.00. The van der Waals surface area contributed by atoms with Crippen molar-refractivity contribution in [2.45, 2.75) is 58.3 Å². The second-order valence-corrected chi connectivity index (χ2v) is 5.93. The van der Waals surface area contributed by atoms with Gasteiger partial charge < -0.3 is 10.1 Å². The smallest absolute Gasteiger partial charge is 0.312 e. The van der Waals surface area contributed by atoms with Crippen LogP contribution in [0.2, 0.25) is 0 Å². The van der Waals surface area contributed by atoms with Gasteiger partial charge in [0.05, 0.1) is 5.41 Å². The van der Waals surface area contributed by atoms with Crippen LogP contribution in [0.25, 0.3) is 0 Å². The molecule has 1 unspecified atom stereocenters. The maximum absolute atomic E-state index is 11.7. The highest BCUT2D eigenvalue weighted by molar-refractivity contribution is 5.75. The van der Waals surface area contributed by atoms with Crippen molar-refractivity contribution in [3.8, 4) is 0 Å². The molecule has 1 heterocycles. The van der Waals surface area contributed by atoms with Crippen molar-refractivity contribution >= 4 is 5.97 Å². The van der Waals surface area contributed by atoms with Crippen molar-refractivity contribution in [2.24, 2.45) is 5.41 Å². The molecule has 1 saturated carbocycles. The summed E-state index contributed by atoms with van der Waals surface area (Å²) in [6, 6.07) is 1.18.